The third-order valence-electron chi connectivity index (χ3n) is 5.21. The third-order valence-corrected chi connectivity index (χ3v) is 8.11. The highest BCUT2D eigenvalue weighted by Gasteiger charge is 2.23. The van der Waals surface area contributed by atoms with Gasteiger partial charge in [0.15, 0.2) is 0 Å². The average Bonchev–Trinajstić information content (AvgIpc) is 3.16. The monoisotopic (exact) mass is 460 g/mol. The number of carbonyl (C=O) groups is 1. The molecule has 0 bridgehead atoms. The molecule has 0 saturated carbocycles. The summed E-state index contributed by atoms with van der Waals surface area (Å²) < 4.78 is 33.7. The van der Waals surface area contributed by atoms with Crippen LogP contribution in [0.5, 0.6) is 5.75 Å². The van der Waals surface area contributed by atoms with Gasteiger partial charge in [0.2, 0.25) is 0 Å². The maximum atomic E-state index is 13.1. The summed E-state index contributed by atoms with van der Waals surface area (Å²) in [5.74, 6) is 0.541. The first-order valence-electron chi connectivity index (χ1n) is 10.2. The van der Waals surface area contributed by atoms with Crippen molar-refractivity contribution in [1.82, 2.24) is 5.32 Å². The molecule has 1 aromatic heterocycles. The zero-order valence-electron chi connectivity index (χ0n) is 18.4. The van der Waals surface area contributed by atoms with E-state index < -0.39 is 10.0 Å². The van der Waals surface area contributed by atoms with E-state index in [9.17, 15) is 13.2 Å². The van der Waals surface area contributed by atoms with Crippen LogP contribution in [0.1, 0.15) is 41.9 Å². The van der Waals surface area contributed by atoms with Crippen molar-refractivity contribution in [3.05, 3.63) is 52.9 Å². The Balaban J connectivity index is 1.88. The number of carbonyl (C=O) groups excluding carboxylic acids is 1. The number of amides is 1. The average molecular weight is 461 g/mol. The molecule has 3 aromatic rings. The predicted octanol–water partition coefficient (Wildman–Crippen LogP) is 4.96. The van der Waals surface area contributed by atoms with Gasteiger partial charge in [-0.05, 0) is 73.7 Å². The Kier molecular flexibility index (Phi) is 6.91. The maximum absolute atomic E-state index is 13.1. The van der Waals surface area contributed by atoms with E-state index in [0.29, 0.717) is 16.3 Å². The summed E-state index contributed by atoms with van der Waals surface area (Å²) in [6.45, 7) is 5.89. The molecule has 1 amide bonds. The molecule has 8 heteroatoms. The molecule has 6 nitrogen and oxygen atoms in total. The normalized spacial score (nSPS) is 12.5. The number of rotatable bonds is 8. The number of benzene rings is 2. The Morgan fingerprint density at radius 2 is 1.94 bits per heavy atom. The summed E-state index contributed by atoms with van der Waals surface area (Å²) in [7, 11) is -0.655. The number of thiophene rings is 1. The van der Waals surface area contributed by atoms with Crippen molar-refractivity contribution < 1.29 is 17.9 Å². The second-order valence-corrected chi connectivity index (χ2v) is 10.7. The summed E-state index contributed by atoms with van der Waals surface area (Å²) >= 11 is 1.40. The molecule has 1 heterocycles. The number of anilines is 1. The lowest BCUT2D eigenvalue weighted by Crippen LogP contribution is -2.31. The second-order valence-electron chi connectivity index (χ2n) is 7.60. The van der Waals surface area contributed by atoms with Gasteiger partial charge >= 0.3 is 0 Å². The van der Waals surface area contributed by atoms with Gasteiger partial charge in [0.05, 0.1) is 22.6 Å². The highest BCUT2D eigenvalue weighted by atomic mass is 32.2. The van der Waals surface area contributed by atoms with Crippen molar-refractivity contribution in [1.29, 1.82) is 0 Å². The Morgan fingerprint density at radius 3 is 2.58 bits per heavy atom. The van der Waals surface area contributed by atoms with E-state index in [1.165, 1.54) is 22.7 Å². The van der Waals surface area contributed by atoms with E-state index in [0.717, 1.165) is 28.5 Å². The zero-order valence-corrected chi connectivity index (χ0v) is 20.1. The molecule has 166 valence electrons. The van der Waals surface area contributed by atoms with Crippen molar-refractivity contribution in [2.75, 3.05) is 18.5 Å². The topological polar surface area (TPSA) is 75.7 Å². The summed E-state index contributed by atoms with van der Waals surface area (Å²) in [5.41, 5.74) is 1.28. The van der Waals surface area contributed by atoms with E-state index >= 15 is 0 Å². The molecule has 0 aliphatic heterocycles. The lowest BCUT2D eigenvalue weighted by molar-refractivity contribution is 0.0942. The minimum atomic E-state index is -3.74. The lowest BCUT2D eigenvalue weighted by atomic mass is 10.2. The number of nitrogens with zero attached hydrogens (tertiary/aromatic N) is 1. The zero-order chi connectivity index (χ0) is 22.8. The highest BCUT2D eigenvalue weighted by molar-refractivity contribution is 7.92. The number of ether oxygens (including phenoxy) is 1. The predicted molar refractivity (Wildman–Crippen MR) is 127 cm³/mol. The Hall–Kier alpha value is -2.58. The van der Waals surface area contributed by atoms with Gasteiger partial charge in [-0.1, -0.05) is 13.3 Å². The van der Waals surface area contributed by atoms with Gasteiger partial charge in [-0.15, -0.1) is 11.3 Å². The molecule has 0 aliphatic carbocycles. The molecule has 31 heavy (non-hydrogen) atoms. The first kappa shape index (κ1) is 23.1. The molecule has 0 radical (unpaired) electrons. The first-order valence-corrected chi connectivity index (χ1v) is 12.4. The van der Waals surface area contributed by atoms with Crippen molar-refractivity contribution in [3.63, 3.8) is 0 Å². The summed E-state index contributed by atoms with van der Waals surface area (Å²) in [6.07, 6.45) is 1.93. The molecule has 2 aromatic carbocycles. The summed E-state index contributed by atoms with van der Waals surface area (Å²) in [5, 5.41) is 3.85. The smallest absolute Gasteiger partial charge is 0.264 e. The first-order chi connectivity index (χ1) is 14.7. The number of hydrogen-bond donors (Lipinski definition) is 1. The molecule has 3 rings (SSSR count). The molecular formula is C23H28N2O4S2. The standard InChI is InChI=1S/C23H28N2O4S2/c1-6-7-16(3)24-23(26)22-14-17-13-18(8-11-21(17)30-22)25(4)31(27,28)19-9-10-20(29-5)15(2)12-19/h8-14,16H,6-7H2,1-5H3,(H,24,26)/t16-/m0/s1. The molecule has 0 aliphatic rings. The molecular weight excluding hydrogens is 432 g/mol. The van der Waals surface area contributed by atoms with Crippen molar-refractivity contribution in [3.8, 4) is 5.75 Å². The van der Waals surface area contributed by atoms with Crippen LogP contribution in [0, 0.1) is 6.92 Å². The minimum Gasteiger partial charge on any atom is -0.496 e. The van der Waals surface area contributed by atoms with Crippen LogP contribution in [0.2, 0.25) is 0 Å². The molecule has 1 N–H and O–H groups in total. The van der Waals surface area contributed by atoms with E-state index in [4.69, 9.17) is 4.74 Å². The number of methoxy groups -OCH3 is 1. The third kappa shape index (κ3) is 4.85. The Labute approximate surface area is 187 Å². The van der Waals surface area contributed by atoms with Crippen molar-refractivity contribution >= 4 is 43.0 Å². The van der Waals surface area contributed by atoms with Crippen LogP contribution in [-0.2, 0) is 10.0 Å². The fourth-order valence-electron chi connectivity index (χ4n) is 3.45. The highest BCUT2D eigenvalue weighted by Crippen LogP contribution is 2.32. The van der Waals surface area contributed by atoms with Gasteiger partial charge in [-0.25, -0.2) is 8.42 Å². The number of fused-ring (bicyclic) bond motifs is 1. The number of sulfonamides is 1. The largest absolute Gasteiger partial charge is 0.496 e. The van der Waals surface area contributed by atoms with Gasteiger partial charge in [0, 0.05) is 17.8 Å². The molecule has 0 fully saturated rings. The molecule has 1 atom stereocenters. The minimum absolute atomic E-state index is 0.0987. The lowest BCUT2D eigenvalue weighted by Gasteiger charge is -2.20. The quantitative estimate of drug-likeness (QED) is 0.515. The van der Waals surface area contributed by atoms with Crippen LogP contribution < -0.4 is 14.4 Å². The summed E-state index contributed by atoms with van der Waals surface area (Å²) in [6, 6.07) is 12.1. The van der Waals surface area contributed by atoms with Gasteiger partial charge in [-0.2, -0.15) is 0 Å². The Bertz CT molecular complexity index is 1200. The van der Waals surface area contributed by atoms with Gasteiger partial charge in [0.25, 0.3) is 15.9 Å². The van der Waals surface area contributed by atoms with Crippen molar-refractivity contribution in [2.24, 2.45) is 0 Å². The van der Waals surface area contributed by atoms with Gasteiger partial charge < -0.3 is 10.1 Å². The molecule has 0 spiro atoms. The SMILES string of the molecule is CCC[C@H](C)NC(=O)c1cc2cc(N(C)S(=O)(=O)c3ccc(OC)c(C)c3)ccc2s1. The second kappa shape index (κ2) is 9.28. The maximum Gasteiger partial charge on any atom is 0.264 e. The Morgan fingerprint density at radius 1 is 1.19 bits per heavy atom. The number of aryl methyl sites for hydroxylation is 1. The van der Waals surface area contributed by atoms with Crippen LogP contribution in [0.15, 0.2) is 47.4 Å². The fraction of sp³-hybridized carbons (Fsp3) is 0.348. The van der Waals surface area contributed by atoms with Crippen LogP contribution >= 0.6 is 11.3 Å². The fourth-order valence-corrected chi connectivity index (χ4v) is 5.67. The van der Waals surface area contributed by atoms with Crippen LogP contribution in [-0.4, -0.2) is 34.5 Å². The van der Waals surface area contributed by atoms with E-state index in [1.807, 2.05) is 26.0 Å². The number of hydrogen-bond acceptors (Lipinski definition) is 5. The summed E-state index contributed by atoms with van der Waals surface area (Å²) in [4.78, 5) is 13.3. The molecule has 0 unspecified atom stereocenters. The van der Waals surface area contributed by atoms with Crippen LogP contribution in [0.4, 0.5) is 5.69 Å². The van der Waals surface area contributed by atoms with Gasteiger partial charge in [-0.3, -0.25) is 9.10 Å². The van der Waals surface area contributed by atoms with Gasteiger partial charge in [0.1, 0.15) is 5.75 Å². The number of nitrogens with one attached hydrogen (secondary N) is 1. The van der Waals surface area contributed by atoms with Crippen LogP contribution in [0.25, 0.3) is 10.1 Å². The van der Waals surface area contributed by atoms with Crippen LogP contribution in [0.3, 0.4) is 0 Å². The van der Waals surface area contributed by atoms with E-state index in [1.54, 1.807) is 37.4 Å². The van der Waals surface area contributed by atoms with E-state index in [-0.39, 0.29) is 16.8 Å². The molecule has 0 saturated heterocycles. The van der Waals surface area contributed by atoms with Crippen molar-refractivity contribution in [2.45, 2.75) is 44.6 Å². The van der Waals surface area contributed by atoms with E-state index in [2.05, 4.69) is 12.2 Å².